The van der Waals surface area contributed by atoms with E-state index in [0.29, 0.717) is 0 Å². The maximum Gasteiger partial charge on any atom is 0.339 e. The lowest BCUT2D eigenvalue weighted by Gasteiger charge is -2.26. The summed E-state index contributed by atoms with van der Waals surface area (Å²) in [5.74, 6) is -1.18. The van der Waals surface area contributed by atoms with Crippen molar-refractivity contribution in [3.8, 4) is 0 Å². The molecule has 3 N–H and O–H groups in total. The van der Waals surface area contributed by atoms with Crippen molar-refractivity contribution < 1.29 is 22.7 Å². The first-order valence-electron chi connectivity index (χ1n) is 6.11. The minimum absolute atomic E-state index is 0.113. The SMILES string of the molecule is COC(=O)c1ccc(N)cc1S(=O)(=O)N1CCNC(=O)C1. The summed E-state index contributed by atoms with van der Waals surface area (Å²) in [6, 6.07) is 3.89. The molecule has 0 aromatic heterocycles. The number of nitrogens with two attached hydrogens (primary N) is 1. The molecule has 1 fully saturated rings. The van der Waals surface area contributed by atoms with Gasteiger partial charge in [-0.05, 0) is 18.2 Å². The van der Waals surface area contributed by atoms with Gasteiger partial charge in [-0.15, -0.1) is 0 Å². The zero-order valence-corrected chi connectivity index (χ0v) is 12.1. The first-order valence-corrected chi connectivity index (χ1v) is 7.55. The number of carbonyl (C=O) groups excluding carboxylic acids is 2. The van der Waals surface area contributed by atoms with E-state index < -0.39 is 21.9 Å². The van der Waals surface area contributed by atoms with E-state index in [9.17, 15) is 18.0 Å². The minimum atomic E-state index is -4.01. The highest BCUT2D eigenvalue weighted by atomic mass is 32.2. The third-order valence-corrected chi connectivity index (χ3v) is 4.92. The summed E-state index contributed by atoms with van der Waals surface area (Å²) < 4.78 is 30.8. The van der Waals surface area contributed by atoms with Crippen LogP contribution in [0.3, 0.4) is 0 Å². The monoisotopic (exact) mass is 313 g/mol. The number of benzene rings is 1. The number of amides is 1. The molecule has 8 nitrogen and oxygen atoms in total. The molecule has 21 heavy (non-hydrogen) atoms. The van der Waals surface area contributed by atoms with Gasteiger partial charge in [-0.2, -0.15) is 4.31 Å². The van der Waals surface area contributed by atoms with E-state index >= 15 is 0 Å². The van der Waals surface area contributed by atoms with E-state index in [2.05, 4.69) is 10.1 Å². The zero-order chi connectivity index (χ0) is 15.6. The summed E-state index contributed by atoms with van der Waals surface area (Å²) in [6.45, 7) is 0.0508. The molecule has 1 amide bonds. The van der Waals surface area contributed by atoms with Crippen molar-refractivity contribution in [1.82, 2.24) is 9.62 Å². The molecule has 114 valence electrons. The number of nitrogens with zero attached hydrogens (tertiary/aromatic N) is 1. The van der Waals surface area contributed by atoms with Gasteiger partial charge in [0.2, 0.25) is 15.9 Å². The third kappa shape index (κ3) is 2.98. The van der Waals surface area contributed by atoms with Gasteiger partial charge in [0, 0.05) is 18.8 Å². The highest BCUT2D eigenvalue weighted by molar-refractivity contribution is 7.89. The fourth-order valence-electron chi connectivity index (χ4n) is 1.99. The molecule has 0 unspecified atom stereocenters. The van der Waals surface area contributed by atoms with Gasteiger partial charge in [0.25, 0.3) is 0 Å². The molecule has 1 heterocycles. The van der Waals surface area contributed by atoms with E-state index in [1.807, 2.05) is 0 Å². The average molecular weight is 313 g/mol. The van der Waals surface area contributed by atoms with Crippen LogP contribution in [0.2, 0.25) is 0 Å². The molecule has 1 aromatic rings. The second kappa shape index (κ2) is 5.70. The molecule has 2 rings (SSSR count). The fraction of sp³-hybridized carbons (Fsp3) is 0.333. The summed E-state index contributed by atoms with van der Waals surface area (Å²) in [5.41, 5.74) is 5.69. The maximum absolute atomic E-state index is 12.6. The first kappa shape index (κ1) is 15.3. The second-order valence-corrected chi connectivity index (χ2v) is 6.34. The number of carbonyl (C=O) groups is 2. The Morgan fingerprint density at radius 3 is 2.76 bits per heavy atom. The Morgan fingerprint density at radius 2 is 2.14 bits per heavy atom. The van der Waals surface area contributed by atoms with Crippen molar-refractivity contribution in [1.29, 1.82) is 0 Å². The highest BCUT2D eigenvalue weighted by Gasteiger charge is 2.32. The lowest BCUT2D eigenvalue weighted by atomic mass is 10.2. The fourth-order valence-corrected chi connectivity index (χ4v) is 3.60. The number of sulfonamides is 1. The summed E-state index contributed by atoms with van der Waals surface area (Å²) in [5, 5.41) is 2.53. The van der Waals surface area contributed by atoms with Crippen LogP contribution in [0, 0.1) is 0 Å². The van der Waals surface area contributed by atoms with Crippen LogP contribution in [0.15, 0.2) is 23.1 Å². The number of hydrogen-bond donors (Lipinski definition) is 2. The molecule has 1 saturated heterocycles. The standard InChI is InChI=1S/C12H15N3O5S/c1-20-12(17)9-3-2-8(13)6-10(9)21(18,19)15-5-4-14-11(16)7-15/h2-3,6H,4-5,7,13H2,1H3,(H,14,16). The number of nitrogen functional groups attached to an aromatic ring is 1. The average Bonchev–Trinajstić information content (AvgIpc) is 2.46. The van der Waals surface area contributed by atoms with Gasteiger partial charge in [0.1, 0.15) is 0 Å². The van der Waals surface area contributed by atoms with E-state index in [4.69, 9.17) is 5.73 Å². The van der Waals surface area contributed by atoms with Crippen LogP contribution >= 0.6 is 0 Å². The summed E-state index contributed by atoms with van der Waals surface area (Å²) in [6.07, 6.45) is 0. The van der Waals surface area contributed by atoms with Crippen molar-refractivity contribution in [2.75, 3.05) is 32.5 Å². The Bertz CT molecular complexity index is 686. The highest BCUT2D eigenvalue weighted by Crippen LogP contribution is 2.24. The Kier molecular flexibility index (Phi) is 4.14. The molecule has 9 heteroatoms. The topological polar surface area (TPSA) is 119 Å². The normalized spacial score (nSPS) is 16.3. The molecular formula is C12H15N3O5S. The Balaban J connectivity index is 2.50. The van der Waals surface area contributed by atoms with Crippen molar-refractivity contribution in [3.63, 3.8) is 0 Å². The molecule has 0 spiro atoms. The molecule has 0 bridgehead atoms. The number of nitrogens with one attached hydrogen (secondary N) is 1. The van der Waals surface area contributed by atoms with E-state index in [0.717, 1.165) is 11.4 Å². The van der Waals surface area contributed by atoms with Gasteiger partial charge in [-0.25, -0.2) is 13.2 Å². The first-order chi connectivity index (χ1) is 9.86. The van der Waals surface area contributed by atoms with Crippen molar-refractivity contribution in [2.45, 2.75) is 4.90 Å². The minimum Gasteiger partial charge on any atom is -0.465 e. The molecule has 0 saturated carbocycles. The second-order valence-electron chi connectivity index (χ2n) is 4.44. The summed E-state index contributed by atoms with van der Waals surface area (Å²) in [7, 11) is -2.86. The number of piperazine rings is 1. The number of hydrogen-bond acceptors (Lipinski definition) is 6. The lowest BCUT2D eigenvalue weighted by Crippen LogP contribution is -2.50. The number of esters is 1. The molecule has 1 aliphatic rings. The summed E-state index contributed by atoms with van der Waals surface area (Å²) >= 11 is 0. The number of methoxy groups -OCH3 is 1. The van der Waals surface area contributed by atoms with Gasteiger partial charge in [0.15, 0.2) is 0 Å². The van der Waals surface area contributed by atoms with Crippen LogP contribution < -0.4 is 11.1 Å². The largest absolute Gasteiger partial charge is 0.465 e. The van der Waals surface area contributed by atoms with Gasteiger partial charge in [-0.3, -0.25) is 4.79 Å². The molecule has 0 aliphatic carbocycles. The molecular weight excluding hydrogens is 298 g/mol. The predicted octanol–water partition coefficient (Wildman–Crippen LogP) is -0.824. The maximum atomic E-state index is 12.6. The predicted molar refractivity (Wildman–Crippen MR) is 74.0 cm³/mol. The van der Waals surface area contributed by atoms with Gasteiger partial charge >= 0.3 is 5.97 Å². The quantitative estimate of drug-likeness (QED) is 0.555. The van der Waals surface area contributed by atoms with Crippen LogP contribution in [-0.4, -0.2) is 51.3 Å². The lowest BCUT2D eigenvalue weighted by molar-refractivity contribution is -0.122. The Labute approximate surface area is 121 Å². The van der Waals surface area contributed by atoms with Crippen molar-refractivity contribution in [3.05, 3.63) is 23.8 Å². The van der Waals surface area contributed by atoms with E-state index in [-0.39, 0.29) is 35.8 Å². The van der Waals surface area contributed by atoms with E-state index in [1.54, 1.807) is 0 Å². The van der Waals surface area contributed by atoms with E-state index in [1.165, 1.54) is 18.2 Å². The molecule has 0 atom stereocenters. The Hall–Kier alpha value is -2.13. The van der Waals surface area contributed by atoms with Gasteiger partial charge in [0.05, 0.1) is 24.1 Å². The van der Waals surface area contributed by atoms with Crippen LogP contribution in [0.4, 0.5) is 5.69 Å². The Morgan fingerprint density at radius 1 is 1.43 bits per heavy atom. The summed E-state index contributed by atoms with van der Waals surface area (Å²) in [4.78, 5) is 22.8. The number of rotatable bonds is 3. The molecule has 1 aromatic carbocycles. The number of ether oxygens (including phenoxy) is 1. The van der Waals surface area contributed by atoms with Crippen LogP contribution in [0.25, 0.3) is 0 Å². The molecule has 1 aliphatic heterocycles. The van der Waals surface area contributed by atoms with Crippen LogP contribution in [0.1, 0.15) is 10.4 Å². The van der Waals surface area contributed by atoms with Gasteiger partial charge < -0.3 is 15.8 Å². The third-order valence-electron chi connectivity index (χ3n) is 3.03. The van der Waals surface area contributed by atoms with Crippen molar-refractivity contribution in [2.24, 2.45) is 0 Å². The van der Waals surface area contributed by atoms with Crippen LogP contribution in [-0.2, 0) is 19.6 Å². The van der Waals surface area contributed by atoms with Crippen molar-refractivity contribution >= 4 is 27.6 Å². The van der Waals surface area contributed by atoms with Gasteiger partial charge in [-0.1, -0.05) is 0 Å². The van der Waals surface area contributed by atoms with Crippen LogP contribution in [0.5, 0.6) is 0 Å². The zero-order valence-electron chi connectivity index (χ0n) is 11.3. The number of anilines is 1. The molecule has 0 radical (unpaired) electrons. The smallest absolute Gasteiger partial charge is 0.339 e.